The van der Waals surface area contributed by atoms with Gasteiger partial charge in [-0.1, -0.05) is 18.3 Å². The quantitative estimate of drug-likeness (QED) is 0.920. The Morgan fingerprint density at radius 2 is 2.25 bits per heavy atom. The minimum atomic E-state index is -0.461. The summed E-state index contributed by atoms with van der Waals surface area (Å²) in [6, 6.07) is 4.55. The molecule has 1 aromatic carbocycles. The van der Waals surface area contributed by atoms with Crippen LogP contribution in [0.5, 0.6) is 5.75 Å². The van der Waals surface area contributed by atoms with E-state index in [0.717, 1.165) is 6.42 Å². The van der Waals surface area contributed by atoms with Crippen molar-refractivity contribution in [2.24, 2.45) is 0 Å². The van der Waals surface area contributed by atoms with Gasteiger partial charge in [-0.2, -0.15) is 0 Å². The zero-order valence-corrected chi connectivity index (χ0v) is 12.0. The van der Waals surface area contributed by atoms with E-state index >= 15 is 0 Å². The summed E-state index contributed by atoms with van der Waals surface area (Å²) in [5.41, 5.74) is 0.594. The highest BCUT2D eigenvalue weighted by atomic mass is 32.1. The first-order valence-electron chi connectivity index (χ1n) is 6.11. The third-order valence-electron chi connectivity index (χ3n) is 2.55. The van der Waals surface area contributed by atoms with Crippen molar-refractivity contribution in [3.05, 3.63) is 24.0 Å². The number of carbonyl (C=O) groups is 1. The van der Waals surface area contributed by atoms with E-state index < -0.39 is 5.82 Å². The minimum absolute atomic E-state index is 0.101. The molecule has 0 aliphatic heterocycles. The number of hydrogen-bond acceptors (Lipinski definition) is 5. The zero-order valence-electron chi connectivity index (χ0n) is 11.1. The summed E-state index contributed by atoms with van der Waals surface area (Å²) in [6.07, 6.45) is 1.20. The molecule has 0 saturated carbocycles. The van der Waals surface area contributed by atoms with E-state index in [9.17, 15) is 9.18 Å². The molecular formula is C13H14FN3O2S. The lowest BCUT2D eigenvalue weighted by atomic mass is 10.2. The molecular weight excluding hydrogens is 281 g/mol. The number of nitrogens with one attached hydrogen (secondary N) is 1. The van der Waals surface area contributed by atoms with Crippen LogP contribution in [0, 0.1) is 5.82 Å². The monoisotopic (exact) mass is 295 g/mol. The predicted molar refractivity (Wildman–Crippen MR) is 75.4 cm³/mol. The van der Waals surface area contributed by atoms with Crippen LogP contribution in [0.25, 0.3) is 10.6 Å². The molecule has 0 aliphatic rings. The van der Waals surface area contributed by atoms with Crippen molar-refractivity contribution in [3.8, 4) is 16.3 Å². The number of hydrogen-bond donors (Lipinski definition) is 1. The lowest BCUT2D eigenvalue weighted by Gasteiger charge is -2.02. The maximum absolute atomic E-state index is 13.6. The number of aromatic nitrogens is 2. The molecule has 0 bridgehead atoms. The minimum Gasteiger partial charge on any atom is -0.494 e. The molecule has 7 heteroatoms. The van der Waals surface area contributed by atoms with Crippen LogP contribution in [0.4, 0.5) is 9.52 Å². The molecule has 0 radical (unpaired) electrons. The zero-order chi connectivity index (χ0) is 14.5. The van der Waals surface area contributed by atoms with Crippen molar-refractivity contribution in [2.45, 2.75) is 19.8 Å². The van der Waals surface area contributed by atoms with Gasteiger partial charge in [-0.25, -0.2) is 4.39 Å². The fourth-order valence-corrected chi connectivity index (χ4v) is 2.35. The normalized spacial score (nSPS) is 10.3. The molecule has 0 saturated heterocycles. The predicted octanol–water partition coefficient (Wildman–Crippen LogP) is 3.09. The molecule has 2 rings (SSSR count). The average molecular weight is 295 g/mol. The highest BCUT2D eigenvalue weighted by molar-refractivity contribution is 7.18. The van der Waals surface area contributed by atoms with Crippen molar-refractivity contribution >= 4 is 22.4 Å². The van der Waals surface area contributed by atoms with Crippen molar-refractivity contribution in [3.63, 3.8) is 0 Å². The van der Waals surface area contributed by atoms with Gasteiger partial charge in [0.2, 0.25) is 11.0 Å². The topological polar surface area (TPSA) is 64.1 Å². The maximum Gasteiger partial charge on any atom is 0.226 e. The second kappa shape index (κ2) is 6.42. The van der Waals surface area contributed by atoms with Gasteiger partial charge in [0, 0.05) is 12.0 Å². The maximum atomic E-state index is 13.6. The van der Waals surface area contributed by atoms with Crippen molar-refractivity contribution in [1.29, 1.82) is 0 Å². The largest absolute Gasteiger partial charge is 0.494 e. The smallest absolute Gasteiger partial charge is 0.226 e. The van der Waals surface area contributed by atoms with Crippen molar-refractivity contribution < 1.29 is 13.9 Å². The van der Waals surface area contributed by atoms with Gasteiger partial charge in [0.05, 0.1) is 7.11 Å². The molecule has 0 fully saturated rings. The SMILES string of the molecule is CCCC(=O)Nc1nnc(-c2ccc(OC)c(F)c2)s1. The second-order valence-electron chi connectivity index (χ2n) is 4.06. The Kier molecular flexibility index (Phi) is 4.62. The lowest BCUT2D eigenvalue weighted by Crippen LogP contribution is -2.10. The fourth-order valence-electron chi connectivity index (χ4n) is 1.60. The summed E-state index contributed by atoms with van der Waals surface area (Å²) in [5.74, 6) is -0.386. The van der Waals surface area contributed by atoms with Gasteiger partial charge in [0.1, 0.15) is 5.01 Å². The first-order valence-corrected chi connectivity index (χ1v) is 6.93. The summed E-state index contributed by atoms with van der Waals surface area (Å²) < 4.78 is 18.5. The van der Waals surface area contributed by atoms with Gasteiger partial charge in [-0.3, -0.25) is 4.79 Å². The van der Waals surface area contributed by atoms with Gasteiger partial charge < -0.3 is 10.1 Å². The first-order chi connectivity index (χ1) is 9.63. The molecule has 0 spiro atoms. The summed E-state index contributed by atoms with van der Waals surface area (Å²) >= 11 is 1.20. The Balaban J connectivity index is 2.16. The molecule has 0 aliphatic carbocycles. The molecule has 0 atom stereocenters. The molecule has 1 aromatic heterocycles. The Morgan fingerprint density at radius 3 is 2.90 bits per heavy atom. The van der Waals surface area contributed by atoms with E-state index in [4.69, 9.17) is 4.74 Å². The van der Waals surface area contributed by atoms with E-state index in [1.54, 1.807) is 6.07 Å². The molecule has 0 unspecified atom stereocenters. The van der Waals surface area contributed by atoms with E-state index in [2.05, 4.69) is 15.5 Å². The summed E-state index contributed by atoms with van der Waals surface area (Å²) in [7, 11) is 1.41. The number of halogens is 1. The van der Waals surface area contributed by atoms with Crippen LogP contribution in [0.15, 0.2) is 18.2 Å². The third kappa shape index (κ3) is 3.30. The van der Waals surface area contributed by atoms with Gasteiger partial charge in [0.15, 0.2) is 11.6 Å². The molecule has 20 heavy (non-hydrogen) atoms. The average Bonchev–Trinajstić information content (AvgIpc) is 2.87. The van der Waals surface area contributed by atoms with Crippen LogP contribution in [0.1, 0.15) is 19.8 Å². The third-order valence-corrected chi connectivity index (χ3v) is 3.43. The number of carbonyl (C=O) groups excluding carboxylic acids is 1. The van der Waals surface area contributed by atoms with Crippen LogP contribution in [-0.4, -0.2) is 23.2 Å². The van der Waals surface area contributed by atoms with Gasteiger partial charge in [-0.05, 0) is 24.6 Å². The van der Waals surface area contributed by atoms with E-state index in [-0.39, 0.29) is 11.7 Å². The first kappa shape index (κ1) is 14.4. The van der Waals surface area contributed by atoms with Crippen molar-refractivity contribution in [1.82, 2.24) is 10.2 Å². The molecule has 1 N–H and O–H groups in total. The molecule has 1 amide bonds. The molecule has 2 aromatic rings. The Hall–Kier alpha value is -2.02. The highest BCUT2D eigenvalue weighted by Crippen LogP contribution is 2.29. The number of nitrogens with zero attached hydrogens (tertiary/aromatic N) is 2. The number of ether oxygens (including phenoxy) is 1. The summed E-state index contributed by atoms with van der Waals surface area (Å²) in [5, 5.41) is 11.4. The summed E-state index contributed by atoms with van der Waals surface area (Å²) in [6.45, 7) is 1.92. The van der Waals surface area contributed by atoms with Gasteiger partial charge in [0.25, 0.3) is 0 Å². The van der Waals surface area contributed by atoms with Crippen molar-refractivity contribution in [2.75, 3.05) is 12.4 Å². The standard InChI is InChI=1S/C13H14FN3O2S/c1-3-4-11(18)15-13-17-16-12(20-13)8-5-6-10(19-2)9(14)7-8/h5-7H,3-4H2,1-2H3,(H,15,17,18). The van der Waals surface area contributed by atoms with Crippen LogP contribution < -0.4 is 10.1 Å². The number of methoxy groups -OCH3 is 1. The number of amides is 1. The van der Waals surface area contributed by atoms with Gasteiger partial charge in [-0.15, -0.1) is 10.2 Å². The number of benzene rings is 1. The van der Waals surface area contributed by atoms with E-state index in [0.29, 0.717) is 22.1 Å². The number of rotatable bonds is 5. The molecule has 5 nitrogen and oxygen atoms in total. The lowest BCUT2D eigenvalue weighted by molar-refractivity contribution is -0.116. The van der Waals surface area contributed by atoms with Gasteiger partial charge >= 0.3 is 0 Å². The number of anilines is 1. The Labute approximate surface area is 119 Å². The van der Waals surface area contributed by atoms with Crippen LogP contribution >= 0.6 is 11.3 Å². The second-order valence-corrected chi connectivity index (χ2v) is 5.04. The van der Waals surface area contributed by atoms with E-state index in [1.807, 2.05) is 6.92 Å². The molecule has 106 valence electrons. The van der Waals surface area contributed by atoms with Crippen LogP contribution in [0.3, 0.4) is 0 Å². The Morgan fingerprint density at radius 1 is 1.45 bits per heavy atom. The Bertz CT molecular complexity index is 615. The highest BCUT2D eigenvalue weighted by Gasteiger charge is 2.11. The summed E-state index contributed by atoms with van der Waals surface area (Å²) in [4.78, 5) is 11.4. The van der Waals surface area contributed by atoms with Crippen LogP contribution in [-0.2, 0) is 4.79 Å². The fraction of sp³-hybridized carbons (Fsp3) is 0.308. The van der Waals surface area contributed by atoms with Crippen LogP contribution in [0.2, 0.25) is 0 Å². The van der Waals surface area contributed by atoms with E-state index in [1.165, 1.54) is 30.6 Å². The molecule has 1 heterocycles.